The molecule has 1 heteroatoms. The van der Waals surface area contributed by atoms with Crippen LogP contribution in [-0.2, 0) is 6.42 Å². The largest absolute Gasteiger partial charge is 0.115 e. The van der Waals surface area contributed by atoms with Gasteiger partial charge in [-0.25, -0.2) is 0 Å². The molecule has 0 heterocycles. The van der Waals surface area contributed by atoms with Crippen LogP contribution in [0.2, 0.25) is 0 Å². The number of hydrogen-bond acceptors (Lipinski definition) is 0. The van der Waals surface area contributed by atoms with Crippen molar-refractivity contribution in [2.45, 2.75) is 13.3 Å². The monoisotopic (exact) mass is 166 g/mol. The second kappa shape index (κ2) is 3.25. The Bertz CT molecular complexity index is 432. The van der Waals surface area contributed by atoms with E-state index in [0.29, 0.717) is 0 Å². The van der Waals surface area contributed by atoms with Gasteiger partial charge in [-0.1, -0.05) is 54.3 Å². The quantitative estimate of drug-likeness (QED) is 0.569. The summed E-state index contributed by atoms with van der Waals surface area (Å²) in [6.07, 6.45) is 0.997. The molecule has 0 fully saturated rings. The van der Waals surface area contributed by atoms with Gasteiger partial charge in [-0.2, -0.15) is 0 Å². The van der Waals surface area contributed by atoms with E-state index in [2.05, 4.69) is 31.2 Å². The maximum Gasteiger partial charge on any atom is 0.115 e. The highest BCUT2D eigenvalue weighted by atomic mass is 14.0. The van der Waals surface area contributed by atoms with E-state index in [1.807, 2.05) is 12.1 Å². The van der Waals surface area contributed by atoms with Crippen LogP contribution in [0.4, 0.5) is 0 Å². The second-order valence-corrected chi connectivity index (χ2v) is 3.21. The van der Waals surface area contributed by atoms with Crippen LogP contribution < -0.4 is 5.46 Å². The highest BCUT2D eigenvalue weighted by Crippen LogP contribution is 2.12. The molecule has 0 aliphatic heterocycles. The molecule has 0 aliphatic rings. The zero-order valence-electron chi connectivity index (χ0n) is 7.75. The molecule has 2 aromatic carbocycles. The van der Waals surface area contributed by atoms with Crippen LogP contribution >= 0.6 is 0 Å². The summed E-state index contributed by atoms with van der Waals surface area (Å²) in [4.78, 5) is 0. The minimum absolute atomic E-state index is 0.931. The van der Waals surface area contributed by atoms with Crippen molar-refractivity contribution < 1.29 is 0 Å². The molecular weight excluding hydrogens is 155 g/mol. The molecular formula is C12H11B. The van der Waals surface area contributed by atoms with Gasteiger partial charge in [-0.3, -0.25) is 0 Å². The molecule has 0 unspecified atom stereocenters. The molecule has 62 valence electrons. The van der Waals surface area contributed by atoms with E-state index >= 15 is 0 Å². The van der Waals surface area contributed by atoms with E-state index in [9.17, 15) is 0 Å². The minimum Gasteiger partial charge on any atom is -0.0859 e. The number of fused-ring (bicyclic) bond motifs is 1. The zero-order chi connectivity index (χ0) is 9.26. The lowest BCUT2D eigenvalue weighted by Gasteiger charge is -2.07. The zero-order valence-corrected chi connectivity index (χ0v) is 7.75. The van der Waals surface area contributed by atoms with Crippen molar-refractivity contribution >= 4 is 24.1 Å². The summed E-state index contributed by atoms with van der Waals surface area (Å²) in [5.74, 6) is 0. The Hall–Kier alpha value is -1.24. The minimum atomic E-state index is 0.931. The van der Waals surface area contributed by atoms with Crippen LogP contribution in [0.15, 0.2) is 36.4 Å². The van der Waals surface area contributed by atoms with Crippen LogP contribution in [0.5, 0.6) is 0 Å². The molecule has 0 N–H and O–H groups in total. The summed E-state index contributed by atoms with van der Waals surface area (Å²) in [7, 11) is 6.03. The summed E-state index contributed by atoms with van der Waals surface area (Å²) in [6.45, 7) is 2.13. The van der Waals surface area contributed by atoms with Gasteiger partial charge in [0.15, 0.2) is 0 Å². The molecule has 0 amide bonds. The van der Waals surface area contributed by atoms with Gasteiger partial charge in [-0.05, 0) is 17.2 Å². The molecule has 2 rings (SSSR count). The molecule has 0 spiro atoms. The average molecular weight is 166 g/mol. The number of hydrogen-bond donors (Lipinski definition) is 0. The average Bonchev–Trinajstić information content (AvgIpc) is 2.19. The molecule has 0 saturated carbocycles. The van der Waals surface area contributed by atoms with Crippen LogP contribution in [0.3, 0.4) is 0 Å². The van der Waals surface area contributed by atoms with Crippen molar-refractivity contribution in [3.63, 3.8) is 0 Å². The van der Waals surface area contributed by atoms with Gasteiger partial charge < -0.3 is 0 Å². The summed E-state index contributed by atoms with van der Waals surface area (Å²) >= 11 is 0. The lowest BCUT2D eigenvalue weighted by atomic mass is 9.84. The first-order valence-electron chi connectivity index (χ1n) is 4.59. The Morgan fingerprint density at radius 3 is 2.62 bits per heavy atom. The summed E-state index contributed by atoms with van der Waals surface area (Å²) in [5.41, 5.74) is 2.17. The highest BCUT2D eigenvalue weighted by molar-refractivity contribution is 6.39. The normalized spacial score (nSPS) is 10.5. The number of rotatable bonds is 1. The topological polar surface area (TPSA) is 0 Å². The Morgan fingerprint density at radius 2 is 1.85 bits per heavy atom. The van der Waals surface area contributed by atoms with Gasteiger partial charge in [0.25, 0.3) is 0 Å². The number of benzene rings is 2. The molecule has 0 saturated heterocycles. The van der Waals surface area contributed by atoms with E-state index in [0.717, 1.165) is 11.9 Å². The van der Waals surface area contributed by atoms with Gasteiger partial charge in [0.1, 0.15) is 7.85 Å². The molecule has 0 aromatic heterocycles. The molecule has 13 heavy (non-hydrogen) atoms. The van der Waals surface area contributed by atoms with Crippen molar-refractivity contribution in [3.05, 3.63) is 42.0 Å². The van der Waals surface area contributed by atoms with Gasteiger partial charge in [0, 0.05) is 0 Å². The Morgan fingerprint density at radius 1 is 1.08 bits per heavy atom. The van der Waals surface area contributed by atoms with Crippen LogP contribution in [0.1, 0.15) is 12.5 Å². The lowest BCUT2D eigenvalue weighted by Crippen LogP contribution is -2.10. The lowest BCUT2D eigenvalue weighted by molar-refractivity contribution is 1.16. The predicted molar refractivity (Wildman–Crippen MR) is 58.7 cm³/mol. The summed E-state index contributed by atoms with van der Waals surface area (Å²) < 4.78 is 0. The Labute approximate surface area is 80.0 Å². The fourth-order valence-corrected chi connectivity index (χ4v) is 1.65. The first-order valence-corrected chi connectivity index (χ1v) is 4.59. The van der Waals surface area contributed by atoms with E-state index in [1.165, 1.54) is 16.3 Å². The van der Waals surface area contributed by atoms with Crippen LogP contribution in [-0.4, -0.2) is 7.85 Å². The maximum atomic E-state index is 6.03. The molecule has 0 nitrogen and oxygen atoms in total. The smallest absolute Gasteiger partial charge is 0.0859 e. The van der Waals surface area contributed by atoms with Crippen molar-refractivity contribution in [1.29, 1.82) is 0 Å². The van der Waals surface area contributed by atoms with Gasteiger partial charge in [-0.15, -0.1) is 0 Å². The SMILES string of the molecule is [B]c1c(CC)ccc2ccccc12. The van der Waals surface area contributed by atoms with Crippen molar-refractivity contribution in [2.75, 3.05) is 0 Å². The van der Waals surface area contributed by atoms with E-state index in [-0.39, 0.29) is 0 Å². The fraction of sp³-hybridized carbons (Fsp3) is 0.167. The van der Waals surface area contributed by atoms with Crippen molar-refractivity contribution in [3.8, 4) is 0 Å². The van der Waals surface area contributed by atoms with Crippen molar-refractivity contribution in [2.24, 2.45) is 0 Å². The van der Waals surface area contributed by atoms with Gasteiger partial charge in [0.05, 0.1) is 0 Å². The van der Waals surface area contributed by atoms with Crippen molar-refractivity contribution in [1.82, 2.24) is 0 Å². The van der Waals surface area contributed by atoms with Crippen LogP contribution in [0.25, 0.3) is 10.8 Å². The summed E-state index contributed by atoms with van der Waals surface area (Å²) in [6, 6.07) is 12.5. The Kier molecular flexibility index (Phi) is 2.09. The van der Waals surface area contributed by atoms with Crippen LogP contribution in [0, 0.1) is 0 Å². The third-order valence-corrected chi connectivity index (χ3v) is 2.44. The highest BCUT2D eigenvalue weighted by Gasteiger charge is 1.99. The molecule has 2 aromatic rings. The second-order valence-electron chi connectivity index (χ2n) is 3.21. The first kappa shape index (κ1) is 8.37. The Balaban J connectivity index is 2.79. The third-order valence-electron chi connectivity index (χ3n) is 2.44. The van der Waals surface area contributed by atoms with E-state index in [4.69, 9.17) is 7.85 Å². The first-order chi connectivity index (χ1) is 6.33. The number of aryl methyl sites for hydroxylation is 1. The van der Waals surface area contributed by atoms with E-state index in [1.54, 1.807) is 0 Å². The third kappa shape index (κ3) is 1.35. The molecule has 0 atom stereocenters. The van der Waals surface area contributed by atoms with E-state index < -0.39 is 0 Å². The summed E-state index contributed by atoms with van der Waals surface area (Å²) in [5, 5.41) is 2.39. The van der Waals surface area contributed by atoms with Gasteiger partial charge in [0.2, 0.25) is 0 Å². The maximum absolute atomic E-state index is 6.03. The molecule has 0 aliphatic carbocycles. The molecule has 2 radical (unpaired) electrons. The molecule has 0 bridgehead atoms. The van der Waals surface area contributed by atoms with Gasteiger partial charge >= 0.3 is 0 Å². The standard InChI is InChI=1S/C12H11B/c1-2-9-7-8-10-5-3-4-6-11(10)12(9)13/h3-8H,2H2,1H3. The predicted octanol–water partition coefficient (Wildman–Crippen LogP) is 2.20. The fourth-order valence-electron chi connectivity index (χ4n) is 1.65.